The average Bonchev–Trinajstić information content (AvgIpc) is 3.35. The van der Waals surface area contributed by atoms with E-state index in [4.69, 9.17) is 16.1 Å². The molecular formula is C25H31ClN4O. The van der Waals surface area contributed by atoms with Crippen LogP contribution in [-0.4, -0.2) is 33.7 Å². The van der Waals surface area contributed by atoms with E-state index in [1.54, 1.807) is 0 Å². The van der Waals surface area contributed by atoms with Crippen LogP contribution in [0.5, 0.6) is 0 Å². The first-order valence-electron chi connectivity index (χ1n) is 11.0. The minimum absolute atomic E-state index is 0.425. The second-order valence-corrected chi connectivity index (χ2v) is 9.31. The summed E-state index contributed by atoms with van der Waals surface area (Å²) in [5.41, 5.74) is 3.49. The fourth-order valence-electron chi connectivity index (χ4n) is 4.77. The van der Waals surface area contributed by atoms with Gasteiger partial charge in [0.2, 0.25) is 5.82 Å². The Bertz CT molecular complexity index is 1030. The Morgan fingerprint density at radius 3 is 2.42 bits per heavy atom. The molecule has 0 aliphatic heterocycles. The molecule has 31 heavy (non-hydrogen) atoms. The van der Waals surface area contributed by atoms with Crippen LogP contribution in [0.25, 0.3) is 17.6 Å². The van der Waals surface area contributed by atoms with E-state index >= 15 is 0 Å². The highest BCUT2D eigenvalue weighted by Gasteiger charge is 2.29. The highest BCUT2D eigenvalue weighted by Crippen LogP contribution is 2.40. The van der Waals surface area contributed by atoms with Gasteiger partial charge in [-0.25, -0.2) is 0 Å². The Morgan fingerprint density at radius 2 is 1.81 bits per heavy atom. The predicted octanol–water partition coefficient (Wildman–Crippen LogP) is 6.16. The molecule has 0 radical (unpaired) electrons. The molecule has 1 saturated carbocycles. The van der Waals surface area contributed by atoms with Gasteiger partial charge in [-0.1, -0.05) is 35.0 Å². The Balaban J connectivity index is 1.37. The zero-order valence-corrected chi connectivity index (χ0v) is 19.5. The number of aromatic nitrogens is 3. The predicted molar refractivity (Wildman–Crippen MR) is 126 cm³/mol. The van der Waals surface area contributed by atoms with Crippen LogP contribution in [0.4, 0.5) is 0 Å². The van der Waals surface area contributed by atoms with Gasteiger partial charge in [-0.2, -0.15) is 4.98 Å². The summed E-state index contributed by atoms with van der Waals surface area (Å²) in [6, 6.07) is 12.8. The number of benzene rings is 1. The van der Waals surface area contributed by atoms with Crippen LogP contribution in [-0.2, 0) is 7.05 Å². The molecule has 5 nitrogen and oxygen atoms in total. The van der Waals surface area contributed by atoms with Gasteiger partial charge in [0.1, 0.15) is 0 Å². The molecule has 2 heterocycles. The minimum atomic E-state index is 0.425. The molecule has 1 aromatic carbocycles. The highest BCUT2D eigenvalue weighted by molar-refractivity contribution is 6.30. The minimum Gasteiger partial charge on any atom is -0.345 e. The van der Waals surface area contributed by atoms with Gasteiger partial charge in [-0.05, 0) is 94.4 Å². The van der Waals surface area contributed by atoms with Crippen LogP contribution in [0.1, 0.15) is 48.9 Å². The molecule has 1 atom stereocenters. The molecule has 0 bridgehead atoms. The summed E-state index contributed by atoms with van der Waals surface area (Å²) >= 11 is 6.09. The van der Waals surface area contributed by atoms with Crippen molar-refractivity contribution in [3.63, 3.8) is 0 Å². The van der Waals surface area contributed by atoms with E-state index in [2.05, 4.69) is 64.9 Å². The third-order valence-electron chi connectivity index (χ3n) is 6.59. The van der Waals surface area contributed by atoms with E-state index in [0.29, 0.717) is 29.6 Å². The van der Waals surface area contributed by atoms with Crippen LogP contribution in [0, 0.1) is 18.8 Å². The maximum Gasteiger partial charge on any atom is 0.250 e. The van der Waals surface area contributed by atoms with Crippen molar-refractivity contribution in [3.05, 3.63) is 64.6 Å². The monoisotopic (exact) mass is 438 g/mol. The number of rotatable bonds is 6. The summed E-state index contributed by atoms with van der Waals surface area (Å²) in [6.45, 7) is 2.06. The van der Waals surface area contributed by atoms with Gasteiger partial charge in [0.25, 0.3) is 5.89 Å². The van der Waals surface area contributed by atoms with E-state index < -0.39 is 0 Å². The standard InChI is InChI=1S/C25H31ClN4O/c1-17-5-15-22(30(17)4)25-27-23(31-28-25)16-8-18-6-9-19(10-7-18)24(29(2)3)20-11-13-21(26)14-12-20/h5,8,11-16,18-19,24H,6-7,9-10H2,1-4H3. The lowest BCUT2D eigenvalue weighted by Crippen LogP contribution is -2.30. The fraction of sp³-hybridized carbons (Fsp3) is 0.440. The Labute approximate surface area is 189 Å². The SMILES string of the molecule is Cc1ccc(-c2noc(C=CC3CCC(C(c4ccc(Cl)cc4)N(C)C)CC3)n2)n1C. The molecule has 0 saturated heterocycles. The van der Waals surface area contributed by atoms with Gasteiger partial charge < -0.3 is 14.0 Å². The Hall–Kier alpha value is -2.37. The quantitative estimate of drug-likeness (QED) is 0.462. The highest BCUT2D eigenvalue weighted by atomic mass is 35.5. The lowest BCUT2D eigenvalue weighted by Gasteiger charge is -2.37. The molecular weight excluding hydrogens is 408 g/mol. The third-order valence-corrected chi connectivity index (χ3v) is 6.84. The van der Waals surface area contributed by atoms with Crippen molar-refractivity contribution >= 4 is 17.7 Å². The second kappa shape index (κ2) is 9.41. The molecule has 164 valence electrons. The topological polar surface area (TPSA) is 47.1 Å². The Morgan fingerprint density at radius 1 is 1.10 bits per heavy atom. The van der Waals surface area contributed by atoms with E-state index in [-0.39, 0.29) is 0 Å². The van der Waals surface area contributed by atoms with Crippen LogP contribution >= 0.6 is 11.6 Å². The van der Waals surface area contributed by atoms with Crippen LogP contribution in [0.3, 0.4) is 0 Å². The van der Waals surface area contributed by atoms with Crippen LogP contribution < -0.4 is 0 Å². The van der Waals surface area contributed by atoms with Gasteiger partial charge in [0, 0.05) is 23.8 Å². The molecule has 0 N–H and O–H groups in total. The first-order valence-corrected chi connectivity index (χ1v) is 11.4. The maximum atomic E-state index is 6.09. The average molecular weight is 439 g/mol. The van der Waals surface area contributed by atoms with Gasteiger partial charge >= 0.3 is 0 Å². The van der Waals surface area contributed by atoms with E-state index in [1.165, 1.54) is 36.9 Å². The van der Waals surface area contributed by atoms with Crippen molar-refractivity contribution in [2.45, 2.75) is 38.6 Å². The molecule has 3 aromatic rings. The lowest BCUT2D eigenvalue weighted by molar-refractivity contribution is 0.159. The molecule has 1 fully saturated rings. The molecule has 1 unspecified atom stereocenters. The summed E-state index contributed by atoms with van der Waals surface area (Å²) in [5, 5.41) is 4.94. The van der Waals surface area contributed by atoms with Gasteiger partial charge in [0.05, 0.1) is 5.69 Å². The molecule has 2 aromatic heterocycles. The second-order valence-electron chi connectivity index (χ2n) is 8.87. The van der Waals surface area contributed by atoms with Crippen molar-refractivity contribution in [1.82, 2.24) is 19.6 Å². The summed E-state index contributed by atoms with van der Waals surface area (Å²) in [4.78, 5) is 6.89. The van der Waals surface area contributed by atoms with Gasteiger partial charge in [0.15, 0.2) is 0 Å². The number of halogens is 1. The van der Waals surface area contributed by atoms with Crippen molar-refractivity contribution in [2.24, 2.45) is 18.9 Å². The summed E-state index contributed by atoms with van der Waals surface area (Å²) in [7, 11) is 6.36. The summed E-state index contributed by atoms with van der Waals surface area (Å²) in [5.74, 6) is 2.41. The number of nitrogens with zero attached hydrogens (tertiary/aromatic N) is 4. The molecule has 1 aliphatic rings. The largest absolute Gasteiger partial charge is 0.345 e. The van der Waals surface area contributed by atoms with Crippen molar-refractivity contribution in [1.29, 1.82) is 0 Å². The smallest absolute Gasteiger partial charge is 0.250 e. The van der Waals surface area contributed by atoms with Gasteiger partial charge in [-0.3, -0.25) is 0 Å². The molecule has 6 heteroatoms. The summed E-state index contributed by atoms with van der Waals surface area (Å²) < 4.78 is 7.52. The molecule has 0 spiro atoms. The van der Waals surface area contributed by atoms with Crippen LogP contribution in [0.15, 0.2) is 47.0 Å². The van der Waals surface area contributed by atoms with E-state index in [0.717, 1.165) is 10.7 Å². The zero-order valence-electron chi connectivity index (χ0n) is 18.8. The lowest BCUT2D eigenvalue weighted by atomic mass is 9.76. The number of hydrogen-bond donors (Lipinski definition) is 0. The first-order chi connectivity index (χ1) is 14.9. The number of aryl methyl sites for hydroxylation is 1. The first kappa shape index (κ1) is 21.8. The normalized spacial score (nSPS) is 20.6. The van der Waals surface area contributed by atoms with Crippen molar-refractivity contribution in [3.8, 4) is 11.5 Å². The summed E-state index contributed by atoms with van der Waals surface area (Å²) in [6.07, 6.45) is 9.00. The van der Waals surface area contributed by atoms with Gasteiger partial charge in [-0.15, -0.1) is 0 Å². The number of allylic oxidation sites excluding steroid dienone is 1. The maximum absolute atomic E-state index is 6.09. The van der Waals surface area contributed by atoms with Crippen LogP contribution in [0.2, 0.25) is 5.02 Å². The molecule has 1 aliphatic carbocycles. The van der Waals surface area contributed by atoms with Crippen molar-refractivity contribution < 1.29 is 4.52 Å². The Kier molecular flexibility index (Phi) is 6.63. The fourth-order valence-corrected chi connectivity index (χ4v) is 4.89. The molecule has 4 rings (SSSR count). The van der Waals surface area contributed by atoms with E-state index in [9.17, 15) is 0 Å². The number of hydrogen-bond acceptors (Lipinski definition) is 4. The third kappa shape index (κ3) is 4.94. The van der Waals surface area contributed by atoms with Crippen molar-refractivity contribution in [2.75, 3.05) is 14.1 Å². The zero-order chi connectivity index (χ0) is 22.0. The van der Waals surface area contributed by atoms with E-state index in [1.807, 2.05) is 31.3 Å². The molecule has 0 amide bonds.